The number of likely N-dealkylation sites (tertiary alicyclic amines) is 1. The Morgan fingerprint density at radius 2 is 1.86 bits per heavy atom. The van der Waals surface area contributed by atoms with Gasteiger partial charge in [-0.3, -0.25) is 19.8 Å². The van der Waals surface area contributed by atoms with Crippen molar-refractivity contribution < 1.29 is 29.4 Å². The smallest absolute Gasteiger partial charge is 0.411 e. The predicted octanol–water partition coefficient (Wildman–Crippen LogP) is 0.974. The summed E-state index contributed by atoms with van der Waals surface area (Å²) in [6.45, 7) is 3.69. The molecule has 3 atom stereocenters. The van der Waals surface area contributed by atoms with Crippen LogP contribution in [0.4, 0.5) is 9.59 Å². The zero-order valence-electron chi connectivity index (χ0n) is 16.1. The van der Waals surface area contributed by atoms with E-state index in [1.165, 1.54) is 0 Å². The number of rotatable bonds is 4. The molecule has 4 amide bonds. The van der Waals surface area contributed by atoms with Crippen molar-refractivity contribution in [2.75, 3.05) is 6.54 Å². The molecule has 2 unspecified atom stereocenters. The van der Waals surface area contributed by atoms with Crippen molar-refractivity contribution in [3.8, 4) is 0 Å². The molecule has 29 heavy (non-hydrogen) atoms. The van der Waals surface area contributed by atoms with E-state index in [2.05, 4.69) is 5.32 Å². The van der Waals surface area contributed by atoms with Crippen LogP contribution in [-0.2, 0) is 15.1 Å². The number of hydrogen-bond donors (Lipinski definition) is 5. The zero-order chi connectivity index (χ0) is 21.6. The number of imide groups is 1. The number of hydrogen-bond acceptors (Lipinski definition) is 5. The SMILES string of the molecule is CC1(C)C(C(N)=O)c2cccc(c2)[C@@]1(C(=O)NC(=O)O)N1CCCC1NC(=O)O. The van der Waals surface area contributed by atoms with E-state index in [-0.39, 0.29) is 0 Å². The minimum absolute atomic E-state index is 0.330. The Morgan fingerprint density at radius 3 is 2.45 bits per heavy atom. The Kier molecular flexibility index (Phi) is 4.99. The summed E-state index contributed by atoms with van der Waals surface area (Å²) in [7, 11) is 0. The molecule has 10 nitrogen and oxygen atoms in total. The van der Waals surface area contributed by atoms with Gasteiger partial charge in [-0.05, 0) is 24.0 Å². The fraction of sp³-hybridized carbons (Fsp3) is 0.474. The third kappa shape index (κ3) is 3.00. The molecule has 6 N–H and O–H groups in total. The summed E-state index contributed by atoms with van der Waals surface area (Å²) >= 11 is 0. The van der Waals surface area contributed by atoms with Gasteiger partial charge in [-0.25, -0.2) is 9.59 Å². The van der Waals surface area contributed by atoms with Crippen molar-refractivity contribution >= 4 is 24.0 Å². The lowest BCUT2D eigenvalue weighted by atomic mass is 9.55. The van der Waals surface area contributed by atoms with Crippen LogP contribution in [0.1, 0.15) is 43.7 Å². The molecule has 2 aliphatic rings. The van der Waals surface area contributed by atoms with Gasteiger partial charge in [0.15, 0.2) is 0 Å². The molecule has 1 aromatic carbocycles. The van der Waals surface area contributed by atoms with Crippen molar-refractivity contribution in [2.45, 2.75) is 44.3 Å². The highest BCUT2D eigenvalue weighted by atomic mass is 16.4. The molecule has 10 heteroatoms. The lowest BCUT2D eigenvalue weighted by Gasteiger charge is -2.56. The van der Waals surface area contributed by atoms with E-state index >= 15 is 0 Å². The topological polar surface area (TPSA) is 162 Å². The van der Waals surface area contributed by atoms with E-state index in [1.807, 2.05) is 5.32 Å². The van der Waals surface area contributed by atoms with Crippen molar-refractivity contribution in [1.82, 2.24) is 15.5 Å². The molecule has 1 saturated heterocycles. The van der Waals surface area contributed by atoms with Gasteiger partial charge >= 0.3 is 12.2 Å². The third-order valence-electron chi connectivity index (χ3n) is 6.10. The minimum atomic E-state index is -1.64. The molecular weight excluding hydrogens is 380 g/mol. The van der Waals surface area contributed by atoms with Gasteiger partial charge in [0.2, 0.25) is 5.91 Å². The van der Waals surface area contributed by atoms with Crippen LogP contribution in [0.2, 0.25) is 0 Å². The number of nitrogens with zero attached hydrogens (tertiary/aromatic N) is 1. The van der Waals surface area contributed by atoms with E-state index in [1.54, 1.807) is 43.0 Å². The molecule has 1 aliphatic heterocycles. The summed E-state index contributed by atoms with van der Waals surface area (Å²) in [6, 6.07) is 6.75. The number of carbonyl (C=O) groups is 4. The summed E-state index contributed by atoms with van der Waals surface area (Å²) in [4.78, 5) is 50.3. The maximum absolute atomic E-state index is 13.5. The fourth-order valence-corrected chi connectivity index (χ4v) is 5.20. The van der Waals surface area contributed by atoms with Crippen LogP contribution in [0.25, 0.3) is 0 Å². The first-order valence-corrected chi connectivity index (χ1v) is 9.23. The van der Waals surface area contributed by atoms with Gasteiger partial charge in [-0.15, -0.1) is 0 Å². The highest BCUT2D eigenvalue weighted by molar-refractivity contribution is 6.00. The molecule has 1 aromatic rings. The number of amides is 4. The molecule has 0 spiro atoms. The van der Waals surface area contributed by atoms with Gasteiger partial charge in [0.25, 0.3) is 5.91 Å². The van der Waals surface area contributed by atoms with Crippen LogP contribution in [-0.4, -0.2) is 51.8 Å². The summed E-state index contributed by atoms with van der Waals surface area (Å²) in [5.41, 5.74) is 4.00. The van der Waals surface area contributed by atoms with Crippen LogP contribution in [0.5, 0.6) is 0 Å². The van der Waals surface area contributed by atoms with Gasteiger partial charge in [0.1, 0.15) is 5.54 Å². The first kappa shape index (κ1) is 20.6. The summed E-state index contributed by atoms with van der Waals surface area (Å²) in [5.74, 6) is -2.39. The first-order valence-electron chi connectivity index (χ1n) is 9.23. The number of primary amides is 1. The second-order valence-electron chi connectivity index (χ2n) is 7.95. The van der Waals surface area contributed by atoms with Crippen LogP contribution >= 0.6 is 0 Å². The second-order valence-corrected chi connectivity index (χ2v) is 7.95. The van der Waals surface area contributed by atoms with Crippen molar-refractivity contribution in [2.24, 2.45) is 11.1 Å². The minimum Gasteiger partial charge on any atom is -0.465 e. The lowest BCUT2D eigenvalue weighted by Crippen LogP contribution is -2.70. The Bertz CT molecular complexity index is 885. The third-order valence-corrected chi connectivity index (χ3v) is 6.10. The molecule has 1 aliphatic carbocycles. The van der Waals surface area contributed by atoms with Crippen LogP contribution in [0.3, 0.4) is 0 Å². The molecule has 1 heterocycles. The van der Waals surface area contributed by atoms with Crippen LogP contribution < -0.4 is 16.4 Å². The van der Waals surface area contributed by atoms with E-state index in [9.17, 15) is 29.4 Å². The maximum Gasteiger partial charge on any atom is 0.411 e. The monoisotopic (exact) mass is 404 g/mol. The molecule has 0 aromatic heterocycles. The molecule has 1 fully saturated rings. The highest BCUT2D eigenvalue weighted by Gasteiger charge is 2.64. The van der Waals surface area contributed by atoms with E-state index in [0.29, 0.717) is 30.5 Å². The quantitative estimate of drug-likeness (QED) is 0.499. The predicted molar refractivity (Wildman–Crippen MR) is 101 cm³/mol. The summed E-state index contributed by atoms with van der Waals surface area (Å²) in [5, 5.41) is 22.9. The Morgan fingerprint density at radius 1 is 1.17 bits per heavy atom. The van der Waals surface area contributed by atoms with E-state index in [0.717, 1.165) is 0 Å². The maximum atomic E-state index is 13.5. The Balaban J connectivity index is 2.30. The van der Waals surface area contributed by atoms with E-state index < -0.39 is 47.0 Å². The molecule has 2 bridgehead atoms. The van der Waals surface area contributed by atoms with Gasteiger partial charge in [-0.1, -0.05) is 38.1 Å². The summed E-state index contributed by atoms with van der Waals surface area (Å²) in [6.07, 6.45) is -2.51. The Hall–Kier alpha value is -3.14. The van der Waals surface area contributed by atoms with Gasteiger partial charge in [0, 0.05) is 12.0 Å². The second kappa shape index (κ2) is 7.03. The zero-order valence-corrected chi connectivity index (χ0v) is 16.1. The number of benzene rings is 1. The van der Waals surface area contributed by atoms with Crippen molar-refractivity contribution in [3.63, 3.8) is 0 Å². The number of nitrogens with two attached hydrogens (primary N) is 1. The van der Waals surface area contributed by atoms with Crippen LogP contribution in [0.15, 0.2) is 24.3 Å². The fourth-order valence-electron chi connectivity index (χ4n) is 5.20. The van der Waals surface area contributed by atoms with Gasteiger partial charge in [0.05, 0.1) is 12.1 Å². The number of carboxylic acid groups (broad SMARTS) is 2. The van der Waals surface area contributed by atoms with Gasteiger partial charge < -0.3 is 21.3 Å². The highest BCUT2D eigenvalue weighted by Crippen LogP contribution is 2.57. The molecule has 0 radical (unpaired) electrons. The average molecular weight is 404 g/mol. The summed E-state index contributed by atoms with van der Waals surface area (Å²) < 4.78 is 0. The normalized spacial score (nSPS) is 27.8. The number of fused-ring (bicyclic) bond motifs is 2. The van der Waals surface area contributed by atoms with E-state index in [4.69, 9.17) is 5.73 Å². The number of nitrogens with one attached hydrogen (secondary N) is 2. The standard InChI is InChI=1S/C19H24N4O6/c1-18(2)13(14(20)24)10-5-3-6-11(9-10)19(18,15(25)22-17(28)29)23-8-4-7-12(23)21-16(26)27/h3,5-6,9,12-13,21H,4,7-8H2,1-2H3,(H2,20,24)(H,22,25)(H,26,27)(H,28,29)/t12?,13?,19-/m0/s1. The lowest BCUT2D eigenvalue weighted by molar-refractivity contribution is -0.151. The number of carbonyl (C=O) groups excluding carboxylic acids is 2. The largest absolute Gasteiger partial charge is 0.465 e. The molecular formula is C19H24N4O6. The van der Waals surface area contributed by atoms with Crippen molar-refractivity contribution in [1.29, 1.82) is 0 Å². The molecule has 0 saturated carbocycles. The first-order chi connectivity index (χ1) is 13.5. The molecule has 3 rings (SSSR count). The molecule has 156 valence electrons. The van der Waals surface area contributed by atoms with Crippen molar-refractivity contribution in [3.05, 3.63) is 35.4 Å². The van der Waals surface area contributed by atoms with Crippen LogP contribution in [0, 0.1) is 5.41 Å². The Labute approximate surface area is 167 Å². The van der Waals surface area contributed by atoms with Gasteiger partial charge in [-0.2, -0.15) is 0 Å². The average Bonchev–Trinajstić information content (AvgIpc) is 3.01.